The number of hydrogen-bond donors (Lipinski definition) is 2. The number of halogens is 2. The minimum atomic E-state index is -1.81. The van der Waals surface area contributed by atoms with Gasteiger partial charge in [-0.05, 0) is 160 Å². The molecular weight excluding hydrogens is 1250 g/mol. The molecule has 0 aliphatic carbocycles. The zero-order valence-electron chi connectivity index (χ0n) is 55.0. The van der Waals surface area contributed by atoms with Crippen molar-refractivity contribution in [1.29, 1.82) is 0 Å². The average molecular weight is 1350 g/mol. The highest BCUT2D eigenvalue weighted by Gasteiger charge is 2.38. The maximum Gasteiger partial charge on any atom is 0.251 e. The van der Waals surface area contributed by atoms with Crippen LogP contribution in [-0.2, 0) is 59.0 Å². The molecule has 0 spiro atoms. The summed E-state index contributed by atoms with van der Waals surface area (Å²) in [4.78, 5) is 50.6. The lowest BCUT2D eigenvalue weighted by Crippen LogP contribution is -2.40. The van der Waals surface area contributed by atoms with Gasteiger partial charge in [0.15, 0.2) is 16.6 Å². The molecule has 468 valence electrons. The number of pyridine rings is 4. The van der Waals surface area contributed by atoms with Crippen molar-refractivity contribution in [3.05, 3.63) is 277 Å². The summed E-state index contributed by atoms with van der Waals surface area (Å²) in [5, 5.41) is 11.1. The number of aliphatic hydroxyl groups excluding tert-OH is 1. The maximum atomic E-state index is 12.6. The van der Waals surface area contributed by atoms with Crippen molar-refractivity contribution in [3.63, 3.8) is 0 Å². The van der Waals surface area contributed by atoms with Crippen LogP contribution in [0.25, 0.3) is 0 Å². The van der Waals surface area contributed by atoms with Gasteiger partial charge in [-0.25, -0.2) is 0 Å². The summed E-state index contributed by atoms with van der Waals surface area (Å²) < 4.78 is 17.7. The Labute approximate surface area is 537 Å². The zero-order valence-corrected chi connectivity index (χ0v) is 60.2. The fourth-order valence-corrected chi connectivity index (χ4v) is 11.1. The summed E-state index contributed by atoms with van der Waals surface area (Å²) >= 11 is 6.77. The van der Waals surface area contributed by atoms with Gasteiger partial charge in [-0.1, -0.05) is 193 Å². The van der Waals surface area contributed by atoms with Crippen LogP contribution in [0.2, 0.25) is 36.3 Å². The Kier molecular flexibility index (Phi) is 28.3. The molecule has 0 saturated heterocycles. The van der Waals surface area contributed by atoms with E-state index >= 15 is 0 Å². The van der Waals surface area contributed by atoms with Crippen LogP contribution in [0.15, 0.2) is 165 Å². The van der Waals surface area contributed by atoms with Crippen LogP contribution in [0.3, 0.4) is 0 Å². The number of aromatic amines is 1. The Bertz CT molecular complexity index is 3610. The quantitative estimate of drug-likeness (QED) is 0.0770. The van der Waals surface area contributed by atoms with E-state index in [0.29, 0.717) is 43.7 Å². The Balaban J connectivity index is 0.000000239. The number of benzene rings is 4. The normalized spacial score (nSPS) is 11.5. The summed E-state index contributed by atoms with van der Waals surface area (Å²) in [6, 6.07) is 47.6. The van der Waals surface area contributed by atoms with E-state index in [4.69, 9.17) is 14.0 Å². The molecule has 0 aliphatic heterocycles. The minimum Gasteiger partial charge on any atom is -0.413 e. The third kappa shape index (κ3) is 24.1. The van der Waals surface area contributed by atoms with Gasteiger partial charge in [0.05, 0.1) is 39.5 Å². The highest BCUT2D eigenvalue weighted by Crippen LogP contribution is 2.38. The van der Waals surface area contributed by atoms with Crippen molar-refractivity contribution in [2.24, 2.45) is 0 Å². The molecule has 2 N–H and O–H groups in total. The van der Waals surface area contributed by atoms with Gasteiger partial charge in [0.25, 0.3) is 16.7 Å². The Morgan fingerprint density at radius 3 is 1.08 bits per heavy atom. The largest absolute Gasteiger partial charge is 0.413 e. The van der Waals surface area contributed by atoms with Crippen LogP contribution < -0.4 is 22.2 Å². The van der Waals surface area contributed by atoms with Crippen molar-refractivity contribution in [2.45, 2.75) is 183 Å². The lowest BCUT2D eigenvalue weighted by Gasteiger charge is -2.36. The van der Waals surface area contributed by atoms with Crippen molar-refractivity contribution in [2.75, 3.05) is 0 Å². The second-order valence-electron chi connectivity index (χ2n) is 25.8. The number of H-pyrrole nitrogens is 1. The molecule has 0 radical (unpaired) electrons. The predicted molar refractivity (Wildman–Crippen MR) is 375 cm³/mol. The monoisotopic (exact) mass is 1340 g/mol. The molecule has 0 aliphatic rings. The molecule has 4 heterocycles. The van der Waals surface area contributed by atoms with Gasteiger partial charge in [-0.2, -0.15) is 0 Å². The summed E-state index contributed by atoms with van der Waals surface area (Å²) in [7, 11) is -3.55. The molecule has 0 saturated carbocycles. The summed E-state index contributed by atoms with van der Waals surface area (Å²) in [5.41, 5.74) is 17.0. The predicted octanol–water partition coefficient (Wildman–Crippen LogP) is 16.5. The minimum absolute atomic E-state index is 0.0365. The van der Waals surface area contributed by atoms with E-state index in [2.05, 4.69) is 204 Å². The van der Waals surface area contributed by atoms with Crippen molar-refractivity contribution < 1.29 is 14.0 Å². The van der Waals surface area contributed by atoms with Gasteiger partial charge >= 0.3 is 0 Å². The first-order valence-corrected chi connectivity index (χ1v) is 37.7. The van der Waals surface area contributed by atoms with E-state index in [-0.39, 0.29) is 38.9 Å². The fourth-order valence-electron chi connectivity index (χ4n) is 8.48. The molecule has 8 aromatic rings. The molecule has 0 amide bonds. The van der Waals surface area contributed by atoms with Gasteiger partial charge in [0.1, 0.15) is 0 Å². The van der Waals surface area contributed by atoms with E-state index < -0.39 is 16.6 Å². The topological polar surface area (TPSA) is 138 Å². The summed E-state index contributed by atoms with van der Waals surface area (Å²) in [6.07, 6.45) is 0. The SMILES string of the molecule is Cc1cc(CO[Si](C)(C)C(C)(C)C)cc(=O)[nH]1.Cc1ccc(Cn2c(C)cc(CBr)cc2=O)cc1.Cc1ccc(Cn2c(C)cc(CO)cc2=O)cc1.Cc1ccc(Cn2c(C)cc(CO[Si](C)(C)C(C)(C)C)cc2=O)cc1.Cc1cccc(CBr)c1. The third-order valence-corrected chi connectivity index (χ3v) is 26.2. The lowest BCUT2D eigenvalue weighted by atomic mass is 10.1. The van der Waals surface area contributed by atoms with Crippen molar-refractivity contribution >= 4 is 48.5 Å². The smallest absolute Gasteiger partial charge is 0.251 e. The second kappa shape index (κ2) is 33.5. The van der Waals surface area contributed by atoms with E-state index in [1.807, 2.05) is 81.7 Å². The lowest BCUT2D eigenvalue weighted by molar-refractivity contribution is 0.276. The Hall–Kier alpha value is -6.05. The fraction of sp³-hybridized carbons (Fsp3) is 0.389. The van der Waals surface area contributed by atoms with Gasteiger partial charge in [-0.15, -0.1) is 0 Å². The highest BCUT2D eigenvalue weighted by molar-refractivity contribution is 9.08. The van der Waals surface area contributed by atoms with E-state index in [9.17, 15) is 19.2 Å². The molecule has 8 rings (SSSR count). The molecule has 0 fully saturated rings. The first kappa shape index (κ1) is 73.4. The highest BCUT2D eigenvalue weighted by atomic mass is 79.9. The number of nitrogens with zero attached hydrogens (tertiary/aromatic N) is 3. The number of nitrogens with one attached hydrogen (secondary N) is 1. The third-order valence-electron chi connectivity index (χ3n) is 16.0. The first-order valence-electron chi connectivity index (χ1n) is 29.7. The van der Waals surface area contributed by atoms with E-state index in [1.54, 1.807) is 27.3 Å². The molecule has 4 aromatic carbocycles. The summed E-state index contributed by atoms with van der Waals surface area (Å²) in [5.74, 6) is 0. The van der Waals surface area contributed by atoms with Crippen molar-refractivity contribution in [1.82, 2.24) is 18.7 Å². The molecule has 15 heteroatoms. The molecule has 0 bridgehead atoms. The summed E-state index contributed by atoms with van der Waals surface area (Å²) in [6.45, 7) is 41.0. The van der Waals surface area contributed by atoms with Gasteiger partial charge in [0, 0.05) is 57.7 Å². The van der Waals surface area contributed by atoms with Crippen LogP contribution in [-0.4, -0.2) is 40.4 Å². The number of aromatic nitrogens is 4. The van der Waals surface area contributed by atoms with Crippen LogP contribution >= 0.6 is 31.9 Å². The van der Waals surface area contributed by atoms with Gasteiger partial charge < -0.3 is 32.6 Å². The number of rotatable bonds is 15. The van der Waals surface area contributed by atoms with Gasteiger partial charge in [0.2, 0.25) is 5.56 Å². The van der Waals surface area contributed by atoms with Crippen LogP contribution in [0, 0.1) is 55.4 Å². The molecular formula is C72H96Br2N4O7Si2. The van der Waals surface area contributed by atoms with Crippen LogP contribution in [0.1, 0.15) is 131 Å². The Morgan fingerprint density at radius 1 is 0.414 bits per heavy atom. The zero-order chi connectivity index (χ0) is 65.0. The molecule has 0 atom stereocenters. The van der Waals surface area contributed by atoms with E-state index in [0.717, 1.165) is 61.5 Å². The Morgan fingerprint density at radius 2 is 0.759 bits per heavy atom. The van der Waals surface area contributed by atoms with Crippen LogP contribution in [0.5, 0.6) is 0 Å². The molecule has 4 aromatic heterocycles. The number of hydrogen-bond acceptors (Lipinski definition) is 7. The van der Waals surface area contributed by atoms with Crippen LogP contribution in [0.4, 0.5) is 0 Å². The molecule has 11 nitrogen and oxygen atoms in total. The average Bonchev–Trinajstić information content (AvgIpc) is 2.14. The number of alkyl halides is 2. The van der Waals surface area contributed by atoms with Crippen molar-refractivity contribution in [3.8, 4) is 0 Å². The van der Waals surface area contributed by atoms with Gasteiger partial charge in [-0.3, -0.25) is 19.2 Å². The van der Waals surface area contributed by atoms with E-state index in [1.165, 1.54) is 33.9 Å². The molecule has 87 heavy (non-hydrogen) atoms. The number of aryl methyl sites for hydroxylation is 8. The molecule has 0 unspecified atom stereocenters. The first-order chi connectivity index (χ1) is 40.6. The number of aliphatic hydroxyl groups is 1. The second-order valence-corrected chi connectivity index (χ2v) is 36.5. The standard InChI is InChI=1S/C21H31NO2Si.C15H16BrNO.C15H17NO2.C13H23NO2Si.C8H9Br/c1-16-8-10-18(11-9-16)14-22-17(2)12-19(13-20(22)23)15-24-25(6,7)21(3,4)5;1-11-3-5-13(6-4-11)10-17-12(2)7-14(9-16)8-15(17)18;1-11-3-5-13(6-4-11)9-16-12(2)7-14(10-17)8-15(16)18;1-10-7-11(8-12(15)14-10)9-16-17(5,6)13(2,3)4;1-7-3-2-4-8(5-7)6-9/h8-13H,14-15H2,1-7H3;3-8H,9-10H2,1-2H3;3-8,17H,9-10H2,1-2H3;7-8H,9H2,1-6H3,(H,14,15);2-5H,6H2,1H3. The maximum absolute atomic E-state index is 12.6.